The molecule has 4 rings (SSSR count). The van der Waals surface area contributed by atoms with Crippen molar-refractivity contribution in [3.63, 3.8) is 0 Å². The normalized spacial score (nSPS) is 12.5. The first kappa shape index (κ1) is 22.7. The van der Waals surface area contributed by atoms with Crippen LogP contribution >= 0.6 is 0 Å². The first-order valence-electron chi connectivity index (χ1n) is 10.5. The van der Waals surface area contributed by atoms with Gasteiger partial charge in [-0.3, -0.25) is 19.3 Å². The van der Waals surface area contributed by atoms with E-state index in [9.17, 15) is 19.2 Å². The Labute approximate surface area is 196 Å². The van der Waals surface area contributed by atoms with E-state index >= 15 is 0 Å². The van der Waals surface area contributed by atoms with Crippen LogP contribution in [0, 0.1) is 0 Å². The zero-order chi connectivity index (χ0) is 24.4. The number of fused-ring (bicyclic) bond motifs is 1. The quantitative estimate of drug-likeness (QED) is 0.544. The molecular formula is C26H22N2O6. The van der Waals surface area contributed by atoms with Gasteiger partial charge >= 0.3 is 5.97 Å². The standard InChI is InChI=1S/C26H22N2O6/c1-27(14-16-7-10-18(11-8-16)26(32)33)23(29)21-13-17(9-12-22(21)34-2)15-28-24(30)19-5-3-4-6-20(19)25(28)31/h3-13H,14-15H2,1-2H3,(H,32,33). The molecule has 0 spiro atoms. The molecular weight excluding hydrogens is 436 g/mol. The average molecular weight is 458 g/mol. The van der Waals surface area contributed by atoms with E-state index < -0.39 is 5.97 Å². The minimum Gasteiger partial charge on any atom is -0.496 e. The highest BCUT2D eigenvalue weighted by Gasteiger charge is 2.35. The smallest absolute Gasteiger partial charge is 0.335 e. The topological polar surface area (TPSA) is 104 Å². The summed E-state index contributed by atoms with van der Waals surface area (Å²) in [6.45, 7) is 0.279. The summed E-state index contributed by atoms with van der Waals surface area (Å²) in [5.74, 6) is -1.71. The zero-order valence-corrected chi connectivity index (χ0v) is 18.6. The molecule has 0 saturated heterocycles. The second kappa shape index (κ2) is 9.19. The molecule has 0 atom stereocenters. The van der Waals surface area contributed by atoms with Crippen LogP contribution in [0.15, 0.2) is 66.7 Å². The van der Waals surface area contributed by atoms with Gasteiger partial charge in [0, 0.05) is 13.6 Å². The molecule has 0 saturated carbocycles. The molecule has 3 amide bonds. The van der Waals surface area contributed by atoms with Gasteiger partial charge < -0.3 is 14.7 Å². The molecule has 1 heterocycles. The van der Waals surface area contributed by atoms with Crippen LogP contribution in [0.3, 0.4) is 0 Å². The van der Waals surface area contributed by atoms with Crippen LogP contribution in [0.25, 0.3) is 0 Å². The minimum atomic E-state index is -1.02. The Morgan fingerprint density at radius 1 is 0.912 bits per heavy atom. The van der Waals surface area contributed by atoms with Crippen LogP contribution in [-0.2, 0) is 13.1 Å². The van der Waals surface area contributed by atoms with Crippen LogP contribution in [-0.4, -0.2) is 52.8 Å². The number of carboxylic acid groups (broad SMARTS) is 1. The fourth-order valence-electron chi connectivity index (χ4n) is 3.89. The highest BCUT2D eigenvalue weighted by molar-refractivity contribution is 6.21. The van der Waals surface area contributed by atoms with Gasteiger partial charge in [-0.1, -0.05) is 30.3 Å². The summed E-state index contributed by atoms with van der Waals surface area (Å²) in [6, 6.07) is 17.9. The molecule has 1 aliphatic rings. The number of methoxy groups -OCH3 is 1. The Morgan fingerprint density at radius 3 is 2.06 bits per heavy atom. The van der Waals surface area contributed by atoms with Crippen LogP contribution < -0.4 is 4.74 Å². The van der Waals surface area contributed by atoms with Crippen molar-refractivity contribution in [3.8, 4) is 5.75 Å². The molecule has 0 fully saturated rings. The maximum absolute atomic E-state index is 13.2. The van der Waals surface area contributed by atoms with E-state index in [2.05, 4.69) is 0 Å². The molecule has 1 aliphatic heterocycles. The number of carbonyl (C=O) groups is 4. The van der Waals surface area contributed by atoms with Crippen molar-refractivity contribution in [2.75, 3.05) is 14.2 Å². The van der Waals surface area contributed by atoms with E-state index in [0.29, 0.717) is 28.0 Å². The maximum atomic E-state index is 13.2. The number of rotatable bonds is 7. The molecule has 3 aromatic rings. The fraction of sp³-hybridized carbons (Fsp3) is 0.154. The van der Waals surface area contributed by atoms with E-state index in [4.69, 9.17) is 9.84 Å². The Balaban J connectivity index is 1.54. The molecule has 1 N–H and O–H groups in total. The number of benzene rings is 3. The molecule has 0 bridgehead atoms. The predicted molar refractivity (Wildman–Crippen MR) is 123 cm³/mol. The maximum Gasteiger partial charge on any atom is 0.335 e. The lowest BCUT2D eigenvalue weighted by Crippen LogP contribution is -2.30. The summed E-state index contributed by atoms with van der Waals surface area (Å²) in [6.07, 6.45) is 0. The van der Waals surface area contributed by atoms with Crippen molar-refractivity contribution in [3.05, 3.63) is 100 Å². The summed E-state index contributed by atoms with van der Waals surface area (Å²) >= 11 is 0. The number of carboxylic acids is 1. The van der Waals surface area contributed by atoms with Gasteiger partial charge in [-0.25, -0.2) is 4.79 Å². The lowest BCUT2D eigenvalue weighted by Gasteiger charge is -2.20. The number of hydrogen-bond donors (Lipinski definition) is 1. The number of carbonyl (C=O) groups excluding carboxylic acids is 3. The number of amides is 3. The number of nitrogens with zero attached hydrogens (tertiary/aromatic N) is 2. The number of hydrogen-bond acceptors (Lipinski definition) is 5. The summed E-state index contributed by atoms with van der Waals surface area (Å²) in [5.41, 5.74) is 2.57. The van der Waals surface area contributed by atoms with Crippen molar-refractivity contribution < 1.29 is 29.0 Å². The van der Waals surface area contributed by atoms with E-state index in [1.807, 2.05) is 0 Å². The molecule has 3 aromatic carbocycles. The van der Waals surface area contributed by atoms with E-state index in [0.717, 1.165) is 10.5 Å². The highest BCUT2D eigenvalue weighted by atomic mass is 16.5. The molecule has 0 radical (unpaired) electrons. The van der Waals surface area contributed by atoms with Gasteiger partial charge in [0.25, 0.3) is 17.7 Å². The van der Waals surface area contributed by atoms with Crippen molar-refractivity contribution in [1.82, 2.24) is 9.80 Å². The summed E-state index contributed by atoms with van der Waals surface area (Å²) < 4.78 is 5.37. The summed E-state index contributed by atoms with van der Waals surface area (Å²) in [5, 5.41) is 9.04. The molecule has 0 aliphatic carbocycles. The average Bonchev–Trinajstić information content (AvgIpc) is 3.08. The Hall–Kier alpha value is -4.46. The SMILES string of the molecule is COc1ccc(CN2C(=O)c3ccccc3C2=O)cc1C(=O)N(C)Cc1ccc(C(=O)O)cc1. The monoisotopic (exact) mass is 458 g/mol. The predicted octanol–water partition coefficient (Wildman–Crippen LogP) is 3.46. The van der Waals surface area contributed by atoms with Gasteiger partial charge in [-0.15, -0.1) is 0 Å². The number of imide groups is 1. The van der Waals surface area contributed by atoms with Crippen LogP contribution in [0.5, 0.6) is 5.75 Å². The molecule has 0 aromatic heterocycles. The molecule has 8 heteroatoms. The molecule has 8 nitrogen and oxygen atoms in total. The van der Waals surface area contributed by atoms with E-state index in [-0.39, 0.29) is 36.4 Å². The molecule has 172 valence electrons. The third kappa shape index (κ3) is 4.25. The second-order valence-corrected chi connectivity index (χ2v) is 7.94. The van der Waals surface area contributed by atoms with Gasteiger partial charge in [0.1, 0.15) is 5.75 Å². The van der Waals surface area contributed by atoms with Crippen molar-refractivity contribution in [1.29, 1.82) is 0 Å². The summed E-state index contributed by atoms with van der Waals surface area (Å²) in [7, 11) is 3.09. The van der Waals surface area contributed by atoms with Crippen LogP contribution in [0.2, 0.25) is 0 Å². The Kier molecular flexibility index (Phi) is 6.14. The number of aromatic carboxylic acids is 1. The van der Waals surface area contributed by atoms with Gasteiger partial charge in [-0.2, -0.15) is 0 Å². The second-order valence-electron chi connectivity index (χ2n) is 7.94. The minimum absolute atomic E-state index is 0.0248. The van der Waals surface area contributed by atoms with Gasteiger partial charge in [0.2, 0.25) is 0 Å². The molecule has 34 heavy (non-hydrogen) atoms. The van der Waals surface area contributed by atoms with Crippen molar-refractivity contribution in [2.24, 2.45) is 0 Å². The fourth-order valence-corrected chi connectivity index (χ4v) is 3.89. The third-order valence-corrected chi connectivity index (χ3v) is 5.68. The van der Waals surface area contributed by atoms with Gasteiger partial charge in [-0.05, 0) is 47.5 Å². The van der Waals surface area contributed by atoms with Crippen molar-refractivity contribution in [2.45, 2.75) is 13.1 Å². The van der Waals surface area contributed by atoms with Crippen LogP contribution in [0.1, 0.15) is 52.6 Å². The Morgan fingerprint density at radius 2 is 1.50 bits per heavy atom. The van der Waals surface area contributed by atoms with Crippen molar-refractivity contribution >= 4 is 23.7 Å². The van der Waals surface area contributed by atoms with E-state index in [1.165, 1.54) is 24.1 Å². The van der Waals surface area contributed by atoms with Gasteiger partial charge in [0.05, 0.1) is 35.9 Å². The Bertz CT molecular complexity index is 1260. The third-order valence-electron chi connectivity index (χ3n) is 5.68. The lowest BCUT2D eigenvalue weighted by atomic mass is 10.1. The largest absolute Gasteiger partial charge is 0.496 e. The first-order valence-corrected chi connectivity index (χ1v) is 10.5. The van der Waals surface area contributed by atoms with Crippen LogP contribution in [0.4, 0.5) is 0 Å². The highest BCUT2D eigenvalue weighted by Crippen LogP contribution is 2.27. The molecule has 0 unspecified atom stereocenters. The lowest BCUT2D eigenvalue weighted by molar-refractivity contribution is 0.0639. The number of ether oxygens (including phenoxy) is 1. The first-order chi connectivity index (χ1) is 16.3. The zero-order valence-electron chi connectivity index (χ0n) is 18.6. The summed E-state index contributed by atoms with van der Waals surface area (Å²) in [4.78, 5) is 52.3. The van der Waals surface area contributed by atoms with E-state index in [1.54, 1.807) is 61.6 Å². The van der Waals surface area contributed by atoms with Gasteiger partial charge in [0.15, 0.2) is 0 Å².